The minimum atomic E-state index is 0.320. The first kappa shape index (κ1) is 16.1. The van der Waals surface area contributed by atoms with Crippen molar-refractivity contribution in [3.05, 3.63) is 42.9 Å². The zero-order valence-electron chi connectivity index (χ0n) is 15.0. The zero-order valence-corrected chi connectivity index (χ0v) is 15.0. The summed E-state index contributed by atoms with van der Waals surface area (Å²) in [7, 11) is 1.64. The molecule has 138 valence electrons. The van der Waals surface area contributed by atoms with Gasteiger partial charge in [0, 0.05) is 43.4 Å². The molecule has 1 saturated heterocycles. The van der Waals surface area contributed by atoms with Crippen LogP contribution in [0.3, 0.4) is 0 Å². The van der Waals surface area contributed by atoms with Crippen LogP contribution in [-0.4, -0.2) is 50.6 Å². The summed E-state index contributed by atoms with van der Waals surface area (Å²) in [6.07, 6.45) is 7.57. The highest BCUT2D eigenvalue weighted by Crippen LogP contribution is 2.32. The Morgan fingerprint density at radius 2 is 2.00 bits per heavy atom. The van der Waals surface area contributed by atoms with Crippen LogP contribution in [0.4, 0.5) is 5.95 Å². The summed E-state index contributed by atoms with van der Waals surface area (Å²) in [5.41, 5.74) is 3.97. The number of hydrogen-bond acceptors (Lipinski definition) is 6. The van der Waals surface area contributed by atoms with Crippen LogP contribution in [0.5, 0.6) is 5.88 Å². The van der Waals surface area contributed by atoms with Gasteiger partial charge in [-0.2, -0.15) is 10.1 Å². The number of rotatable bonds is 4. The van der Waals surface area contributed by atoms with E-state index in [4.69, 9.17) is 9.47 Å². The first-order valence-corrected chi connectivity index (χ1v) is 9.03. The Balaban J connectivity index is 1.56. The van der Waals surface area contributed by atoms with Crippen molar-refractivity contribution in [2.24, 2.45) is 0 Å². The molecule has 1 fully saturated rings. The molecule has 4 aromatic heterocycles. The standard InChI is InChI=1S/C19H20N6O2/c1-26-18-17-16(13-3-8-24-15(12-13)2-7-20-24)4-9-25(17)23-19(22-18)21-14-5-10-27-11-6-14/h2-4,7-9,12,14H,5-6,10-11H2,1H3,(H,21,23). The molecule has 8 nitrogen and oxygen atoms in total. The summed E-state index contributed by atoms with van der Waals surface area (Å²) in [6.45, 7) is 1.53. The quantitative estimate of drug-likeness (QED) is 0.600. The first-order valence-electron chi connectivity index (χ1n) is 9.03. The SMILES string of the molecule is COc1nc(NC2CCOCC2)nn2ccc(-c3ccn4nccc4c3)c12. The topological polar surface area (TPSA) is 78.0 Å². The maximum absolute atomic E-state index is 5.60. The molecule has 0 radical (unpaired) electrons. The van der Waals surface area contributed by atoms with E-state index in [1.807, 2.05) is 39.6 Å². The Kier molecular flexibility index (Phi) is 3.90. The lowest BCUT2D eigenvalue weighted by Gasteiger charge is -2.23. The molecule has 0 spiro atoms. The highest BCUT2D eigenvalue weighted by Gasteiger charge is 2.18. The van der Waals surface area contributed by atoms with Crippen LogP contribution in [0.25, 0.3) is 22.2 Å². The second kappa shape index (κ2) is 6.55. The van der Waals surface area contributed by atoms with Crippen LogP contribution in [0.2, 0.25) is 0 Å². The van der Waals surface area contributed by atoms with Crippen molar-refractivity contribution in [2.75, 3.05) is 25.6 Å². The van der Waals surface area contributed by atoms with Gasteiger partial charge in [-0.05, 0) is 42.7 Å². The molecular weight excluding hydrogens is 344 g/mol. The average Bonchev–Trinajstić information content (AvgIpc) is 3.34. The lowest BCUT2D eigenvalue weighted by atomic mass is 10.1. The van der Waals surface area contributed by atoms with E-state index in [9.17, 15) is 0 Å². The van der Waals surface area contributed by atoms with E-state index in [1.165, 1.54) is 0 Å². The molecule has 0 saturated carbocycles. The Bertz CT molecular complexity index is 1100. The molecule has 1 N–H and O–H groups in total. The van der Waals surface area contributed by atoms with Crippen LogP contribution in [0, 0.1) is 0 Å². The van der Waals surface area contributed by atoms with Crippen molar-refractivity contribution in [3.8, 4) is 17.0 Å². The van der Waals surface area contributed by atoms with Crippen molar-refractivity contribution in [2.45, 2.75) is 18.9 Å². The van der Waals surface area contributed by atoms with Crippen molar-refractivity contribution in [1.82, 2.24) is 24.2 Å². The molecule has 0 amide bonds. The third-order valence-electron chi connectivity index (χ3n) is 4.94. The van der Waals surface area contributed by atoms with Crippen molar-refractivity contribution in [3.63, 3.8) is 0 Å². The smallest absolute Gasteiger partial charge is 0.244 e. The number of nitrogens with zero attached hydrogens (tertiary/aromatic N) is 5. The summed E-state index contributed by atoms with van der Waals surface area (Å²) in [6, 6.07) is 8.46. The maximum Gasteiger partial charge on any atom is 0.244 e. The minimum Gasteiger partial charge on any atom is -0.479 e. The first-order chi connectivity index (χ1) is 13.3. The van der Waals surface area contributed by atoms with E-state index >= 15 is 0 Å². The molecule has 5 rings (SSSR count). The molecule has 5 heterocycles. The van der Waals surface area contributed by atoms with E-state index in [1.54, 1.807) is 13.3 Å². The molecule has 0 bridgehead atoms. The van der Waals surface area contributed by atoms with Crippen molar-refractivity contribution >= 4 is 17.0 Å². The minimum absolute atomic E-state index is 0.320. The summed E-state index contributed by atoms with van der Waals surface area (Å²) < 4.78 is 14.7. The number of hydrogen-bond donors (Lipinski definition) is 1. The molecule has 1 aliphatic heterocycles. The molecule has 1 aliphatic rings. The van der Waals surface area contributed by atoms with Gasteiger partial charge in [0.25, 0.3) is 0 Å². The van der Waals surface area contributed by atoms with Gasteiger partial charge in [0.05, 0.1) is 12.6 Å². The molecule has 8 heteroatoms. The lowest BCUT2D eigenvalue weighted by Crippen LogP contribution is -2.29. The van der Waals surface area contributed by atoms with E-state index in [0.717, 1.165) is 48.2 Å². The van der Waals surface area contributed by atoms with Gasteiger partial charge in [-0.15, -0.1) is 5.10 Å². The van der Waals surface area contributed by atoms with Crippen LogP contribution in [-0.2, 0) is 4.74 Å². The number of methoxy groups -OCH3 is 1. The summed E-state index contributed by atoms with van der Waals surface area (Å²) in [5.74, 6) is 1.12. The summed E-state index contributed by atoms with van der Waals surface area (Å²) >= 11 is 0. The lowest BCUT2D eigenvalue weighted by molar-refractivity contribution is 0.0902. The van der Waals surface area contributed by atoms with Gasteiger partial charge in [0.2, 0.25) is 11.8 Å². The van der Waals surface area contributed by atoms with Gasteiger partial charge in [-0.1, -0.05) is 0 Å². The third kappa shape index (κ3) is 2.87. The van der Waals surface area contributed by atoms with Crippen LogP contribution in [0.15, 0.2) is 42.9 Å². The number of nitrogens with one attached hydrogen (secondary N) is 1. The van der Waals surface area contributed by atoms with Crippen molar-refractivity contribution in [1.29, 1.82) is 0 Å². The second-order valence-corrected chi connectivity index (χ2v) is 6.61. The fourth-order valence-electron chi connectivity index (χ4n) is 3.54. The fourth-order valence-corrected chi connectivity index (χ4v) is 3.54. The van der Waals surface area contributed by atoms with Crippen molar-refractivity contribution < 1.29 is 9.47 Å². The number of anilines is 1. The molecular formula is C19H20N6O2. The largest absolute Gasteiger partial charge is 0.479 e. The van der Waals surface area contributed by atoms with Crippen LogP contribution in [0.1, 0.15) is 12.8 Å². The number of fused-ring (bicyclic) bond motifs is 2. The van der Waals surface area contributed by atoms with Gasteiger partial charge >= 0.3 is 0 Å². The number of ether oxygens (including phenoxy) is 2. The zero-order chi connectivity index (χ0) is 18.2. The van der Waals surface area contributed by atoms with Gasteiger partial charge in [-0.3, -0.25) is 0 Å². The monoisotopic (exact) mass is 364 g/mol. The molecule has 0 unspecified atom stereocenters. The molecule has 0 aromatic carbocycles. The van der Waals surface area contributed by atoms with Gasteiger partial charge in [-0.25, -0.2) is 9.03 Å². The molecule has 27 heavy (non-hydrogen) atoms. The van der Waals surface area contributed by atoms with E-state index < -0.39 is 0 Å². The second-order valence-electron chi connectivity index (χ2n) is 6.61. The fraction of sp³-hybridized carbons (Fsp3) is 0.316. The van der Waals surface area contributed by atoms with Gasteiger partial charge in [0.15, 0.2) is 0 Å². The summed E-state index contributed by atoms with van der Waals surface area (Å²) in [5, 5.41) is 12.3. The normalized spacial score (nSPS) is 15.4. The average molecular weight is 364 g/mol. The maximum atomic E-state index is 5.60. The molecule has 0 aliphatic carbocycles. The highest BCUT2D eigenvalue weighted by molar-refractivity contribution is 5.85. The van der Waals surface area contributed by atoms with E-state index in [-0.39, 0.29) is 0 Å². The highest BCUT2D eigenvalue weighted by atomic mass is 16.5. The predicted molar refractivity (Wildman–Crippen MR) is 101 cm³/mol. The Morgan fingerprint density at radius 1 is 1.15 bits per heavy atom. The predicted octanol–water partition coefficient (Wildman–Crippen LogP) is 2.64. The molecule has 0 atom stereocenters. The Morgan fingerprint density at radius 3 is 2.85 bits per heavy atom. The molecule has 4 aromatic rings. The van der Waals surface area contributed by atoms with Crippen LogP contribution < -0.4 is 10.1 Å². The number of pyridine rings is 1. The van der Waals surface area contributed by atoms with Gasteiger partial charge in [0.1, 0.15) is 5.52 Å². The number of aromatic nitrogens is 5. The van der Waals surface area contributed by atoms with Gasteiger partial charge < -0.3 is 14.8 Å². The Hall–Kier alpha value is -3.13. The third-order valence-corrected chi connectivity index (χ3v) is 4.94. The van der Waals surface area contributed by atoms with E-state index in [0.29, 0.717) is 17.9 Å². The van der Waals surface area contributed by atoms with Crippen LogP contribution >= 0.6 is 0 Å². The Labute approximate surface area is 155 Å². The summed E-state index contributed by atoms with van der Waals surface area (Å²) in [4.78, 5) is 4.60. The van der Waals surface area contributed by atoms with E-state index in [2.05, 4.69) is 26.6 Å².